The lowest BCUT2D eigenvalue weighted by molar-refractivity contribution is -0.141. The zero-order chi connectivity index (χ0) is 14.7. The first-order valence-corrected chi connectivity index (χ1v) is 8.25. The fourth-order valence-electron chi connectivity index (χ4n) is 2.81. The number of pyridine rings is 1. The lowest BCUT2D eigenvalue weighted by Gasteiger charge is -2.47. The minimum Gasteiger partial charge on any atom is -0.488 e. The molecule has 3 rings (SSSR count). The number of likely N-dealkylation sites (tertiary alicyclic amines) is 1. The molecule has 2 aliphatic rings. The van der Waals surface area contributed by atoms with E-state index in [1.165, 1.54) is 0 Å². The maximum atomic E-state index is 11.8. The molecule has 2 saturated heterocycles. The van der Waals surface area contributed by atoms with Crippen molar-refractivity contribution < 1.29 is 14.3 Å². The molecule has 1 atom stereocenters. The molecule has 2 aliphatic heterocycles. The van der Waals surface area contributed by atoms with Gasteiger partial charge in [-0.25, -0.2) is 0 Å². The first-order chi connectivity index (χ1) is 10.2. The third kappa shape index (κ3) is 3.32. The summed E-state index contributed by atoms with van der Waals surface area (Å²) >= 11 is 1.92. The highest BCUT2D eigenvalue weighted by Crippen LogP contribution is 2.46. The highest BCUT2D eigenvalue weighted by atomic mass is 32.2. The van der Waals surface area contributed by atoms with Gasteiger partial charge in [0.15, 0.2) is 0 Å². The summed E-state index contributed by atoms with van der Waals surface area (Å²) in [7, 11) is 0. The molecule has 0 N–H and O–H groups in total. The van der Waals surface area contributed by atoms with Crippen molar-refractivity contribution in [2.75, 3.05) is 32.1 Å². The molecule has 0 aromatic carbocycles. The van der Waals surface area contributed by atoms with Crippen molar-refractivity contribution in [3.63, 3.8) is 0 Å². The van der Waals surface area contributed by atoms with E-state index in [4.69, 9.17) is 9.47 Å². The van der Waals surface area contributed by atoms with Crippen LogP contribution in [0.1, 0.15) is 13.3 Å². The summed E-state index contributed by atoms with van der Waals surface area (Å²) in [5.41, 5.74) is 0. The van der Waals surface area contributed by atoms with Crippen molar-refractivity contribution in [3.05, 3.63) is 24.5 Å². The Hall–Kier alpha value is -1.27. The monoisotopic (exact) mass is 308 g/mol. The molecular formula is C15H20N2O3S. The number of rotatable bonds is 5. The topological polar surface area (TPSA) is 51.7 Å². The molecule has 0 bridgehead atoms. The molecular weight excluding hydrogens is 288 g/mol. The predicted molar refractivity (Wildman–Crippen MR) is 81.5 cm³/mol. The highest BCUT2D eigenvalue weighted by molar-refractivity contribution is 8.01. The average molecular weight is 308 g/mol. The van der Waals surface area contributed by atoms with E-state index in [2.05, 4.69) is 4.98 Å². The number of hydrogen-bond acceptors (Lipinski definition) is 5. The minimum absolute atomic E-state index is 0.0969. The second-order valence-corrected chi connectivity index (χ2v) is 7.00. The van der Waals surface area contributed by atoms with Crippen LogP contribution in [0.2, 0.25) is 0 Å². The first kappa shape index (κ1) is 14.7. The summed E-state index contributed by atoms with van der Waals surface area (Å²) in [6, 6.07) is 3.81. The minimum atomic E-state index is 0.0969. The molecule has 1 aromatic rings. The molecule has 5 nitrogen and oxygen atoms in total. The molecule has 6 heteroatoms. The van der Waals surface area contributed by atoms with E-state index in [-0.39, 0.29) is 23.4 Å². The standard InChI is InChI=1S/C15H20N2O3S/c1-2-19-8-14(18)17-10-15(11-17)6-13(9-21-15)20-12-4-3-5-16-7-12/h3-5,7,13H,2,6,8-11H2,1H3. The Kier molecular flexibility index (Phi) is 4.35. The molecule has 0 saturated carbocycles. The van der Waals surface area contributed by atoms with Gasteiger partial charge in [-0.15, -0.1) is 11.8 Å². The normalized spacial score (nSPS) is 23.1. The Morgan fingerprint density at radius 3 is 3.14 bits per heavy atom. The number of thioether (sulfide) groups is 1. The van der Waals surface area contributed by atoms with Crippen molar-refractivity contribution in [2.24, 2.45) is 0 Å². The third-order valence-corrected chi connectivity index (χ3v) is 5.43. The van der Waals surface area contributed by atoms with E-state index in [9.17, 15) is 4.79 Å². The number of nitrogens with zero attached hydrogens (tertiary/aromatic N) is 2. The number of hydrogen-bond donors (Lipinski definition) is 0. The van der Waals surface area contributed by atoms with Gasteiger partial charge in [-0.05, 0) is 19.1 Å². The van der Waals surface area contributed by atoms with Crippen LogP contribution in [0, 0.1) is 0 Å². The summed E-state index contributed by atoms with van der Waals surface area (Å²) in [6.07, 6.45) is 4.69. The smallest absolute Gasteiger partial charge is 0.248 e. The van der Waals surface area contributed by atoms with Crippen LogP contribution in [0.5, 0.6) is 5.75 Å². The molecule has 2 fully saturated rings. The Labute approximate surface area is 129 Å². The van der Waals surface area contributed by atoms with Gasteiger partial charge in [0, 0.05) is 38.1 Å². The van der Waals surface area contributed by atoms with Gasteiger partial charge in [0.2, 0.25) is 5.91 Å². The Morgan fingerprint density at radius 1 is 1.57 bits per heavy atom. The fraction of sp³-hybridized carbons (Fsp3) is 0.600. The van der Waals surface area contributed by atoms with Crippen LogP contribution in [-0.2, 0) is 9.53 Å². The number of ether oxygens (including phenoxy) is 2. The van der Waals surface area contributed by atoms with E-state index in [0.717, 1.165) is 31.0 Å². The lowest BCUT2D eigenvalue weighted by Crippen LogP contribution is -2.61. The van der Waals surface area contributed by atoms with Crippen molar-refractivity contribution in [2.45, 2.75) is 24.2 Å². The van der Waals surface area contributed by atoms with Gasteiger partial charge in [-0.1, -0.05) is 0 Å². The van der Waals surface area contributed by atoms with E-state index in [1.54, 1.807) is 12.4 Å². The van der Waals surface area contributed by atoms with Crippen LogP contribution in [0.4, 0.5) is 0 Å². The van der Waals surface area contributed by atoms with Crippen molar-refractivity contribution in [3.8, 4) is 5.75 Å². The molecule has 114 valence electrons. The molecule has 1 spiro atoms. The molecule has 1 aromatic heterocycles. The molecule has 0 aliphatic carbocycles. The average Bonchev–Trinajstić information content (AvgIpc) is 2.88. The molecule has 3 heterocycles. The SMILES string of the molecule is CCOCC(=O)N1CC2(CC(Oc3cccnc3)CS2)C1. The Bertz CT molecular complexity index is 491. The predicted octanol–water partition coefficient (Wildman–Crippen LogP) is 1.58. The number of aromatic nitrogens is 1. The lowest BCUT2D eigenvalue weighted by atomic mass is 9.93. The number of carbonyl (C=O) groups is 1. The number of carbonyl (C=O) groups excluding carboxylic acids is 1. The molecule has 1 unspecified atom stereocenters. The Morgan fingerprint density at radius 2 is 2.43 bits per heavy atom. The summed E-state index contributed by atoms with van der Waals surface area (Å²) in [5.74, 6) is 1.89. The van der Waals surface area contributed by atoms with Crippen LogP contribution in [0.3, 0.4) is 0 Å². The quantitative estimate of drug-likeness (QED) is 0.827. The zero-order valence-electron chi connectivity index (χ0n) is 12.2. The second-order valence-electron chi connectivity index (χ2n) is 5.51. The van der Waals surface area contributed by atoms with Crippen molar-refractivity contribution in [1.82, 2.24) is 9.88 Å². The summed E-state index contributed by atoms with van der Waals surface area (Å²) in [5, 5.41) is 0. The largest absolute Gasteiger partial charge is 0.488 e. The van der Waals surface area contributed by atoms with Crippen LogP contribution in [0.15, 0.2) is 24.5 Å². The highest BCUT2D eigenvalue weighted by Gasteiger charge is 2.51. The maximum absolute atomic E-state index is 11.8. The van der Waals surface area contributed by atoms with Crippen LogP contribution >= 0.6 is 11.8 Å². The second kappa shape index (κ2) is 6.23. The zero-order valence-corrected chi connectivity index (χ0v) is 13.0. The van der Waals surface area contributed by atoms with Gasteiger partial charge in [0.05, 0.1) is 10.9 Å². The van der Waals surface area contributed by atoms with Crippen LogP contribution in [0.25, 0.3) is 0 Å². The van der Waals surface area contributed by atoms with Gasteiger partial charge in [-0.3, -0.25) is 9.78 Å². The van der Waals surface area contributed by atoms with Crippen molar-refractivity contribution in [1.29, 1.82) is 0 Å². The summed E-state index contributed by atoms with van der Waals surface area (Å²) in [4.78, 5) is 17.8. The molecule has 1 amide bonds. The van der Waals surface area contributed by atoms with Gasteiger partial charge < -0.3 is 14.4 Å². The first-order valence-electron chi connectivity index (χ1n) is 7.27. The van der Waals surface area contributed by atoms with Crippen LogP contribution in [-0.4, -0.2) is 58.7 Å². The van der Waals surface area contributed by atoms with E-state index >= 15 is 0 Å². The molecule has 0 radical (unpaired) electrons. The van der Waals surface area contributed by atoms with Crippen molar-refractivity contribution >= 4 is 17.7 Å². The Balaban J connectivity index is 1.47. The van der Waals surface area contributed by atoms with E-state index in [1.807, 2.05) is 35.7 Å². The number of amides is 1. The fourth-order valence-corrected chi connectivity index (χ4v) is 4.34. The third-order valence-electron chi connectivity index (χ3n) is 3.85. The van der Waals surface area contributed by atoms with Crippen LogP contribution < -0.4 is 4.74 Å². The maximum Gasteiger partial charge on any atom is 0.248 e. The van der Waals surface area contributed by atoms with Gasteiger partial charge in [0.25, 0.3) is 0 Å². The van der Waals surface area contributed by atoms with Gasteiger partial charge >= 0.3 is 0 Å². The van der Waals surface area contributed by atoms with Gasteiger partial charge in [0.1, 0.15) is 18.5 Å². The molecule has 21 heavy (non-hydrogen) atoms. The van der Waals surface area contributed by atoms with Gasteiger partial charge in [-0.2, -0.15) is 0 Å². The van der Waals surface area contributed by atoms with E-state index < -0.39 is 0 Å². The summed E-state index contributed by atoms with van der Waals surface area (Å²) in [6.45, 7) is 4.32. The van der Waals surface area contributed by atoms with E-state index in [0.29, 0.717) is 6.61 Å². The summed E-state index contributed by atoms with van der Waals surface area (Å²) < 4.78 is 11.3.